The second-order valence-corrected chi connectivity index (χ2v) is 7.55. The zero-order valence-electron chi connectivity index (χ0n) is 10.5. The van der Waals surface area contributed by atoms with Crippen LogP contribution in [0.2, 0.25) is 10.0 Å². The van der Waals surface area contributed by atoms with Gasteiger partial charge in [0.05, 0.1) is 14.9 Å². The molecule has 0 heterocycles. The lowest BCUT2D eigenvalue weighted by Gasteiger charge is -2.14. The Bertz CT molecular complexity index is 522. The first-order valence-corrected chi connectivity index (χ1v) is 9.27. The molecule has 1 aromatic rings. The topological polar surface area (TPSA) is 46.2 Å². The van der Waals surface area contributed by atoms with Crippen LogP contribution in [0.4, 0.5) is 0 Å². The summed E-state index contributed by atoms with van der Waals surface area (Å²) in [7, 11) is -3.53. The van der Waals surface area contributed by atoms with Gasteiger partial charge in [0, 0.05) is 11.9 Å². The highest BCUT2D eigenvalue weighted by Crippen LogP contribution is 2.24. The maximum atomic E-state index is 12.1. The lowest BCUT2D eigenvalue weighted by molar-refractivity contribution is 0.483. The second kappa shape index (κ2) is 7.84. The van der Waals surface area contributed by atoms with E-state index >= 15 is 0 Å². The maximum Gasteiger partial charge on any atom is 0.240 e. The van der Waals surface area contributed by atoms with E-state index in [2.05, 4.69) is 20.7 Å². The lowest BCUT2D eigenvalue weighted by Crippen LogP contribution is -2.29. The van der Waals surface area contributed by atoms with Crippen LogP contribution in [0.5, 0.6) is 0 Å². The van der Waals surface area contributed by atoms with E-state index in [-0.39, 0.29) is 9.92 Å². The zero-order valence-corrected chi connectivity index (χ0v) is 14.4. The third kappa shape index (κ3) is 5.23. The minimum Gasteiger partial charge on any atom is -0.211 e. The van der Waals surface area contributed by atoms with Crippen molar-refractivity contribution in [1.29, 1.82) is 0 Å². The van der Waals surface area contributed by atoms with Crippen LogP contribution in [-0.2, 0) is 10.0 Å². The maximum absolute atomic E-state index is 12.1. The highest BCUT2D eigenvalue weighted by molar-refractivity contribution is 9.09. The first-order chi connectivity index (χ1) is 8.90. The summed E-state index contributed by atoms with van der Waals surface area (Å²) in [6, 6.07) is 4.29. The summed E-state index contributed by atoms with van der Waals surface area (Å²) in [5, 5.41) is 1.43. The molecule has 0 saturated heterocycles. The van der Waals surface area contributed by atoms with Gasteiger partial charge in [-0.25, -0.2) is 13.1 Å². The van der Waals surface area contributed by atoms with E-state index < -0.39 is 10.0 Å². The van der Waals surface area contributed by atoms with Gasteiger partial charge in [-0.2, -0.15) is 0 Å². The molecule has 1 unspecified atom stereocenters. The molecular formula is C12H16BrCl2NO2S. The first kappa shape index (κ1) is 17.2. The molecular weight excluding hydrogens is 373 g/mol. The first-order valence-electron chi connectivity index (χ1n) is 5.91. The molecule has 0 aliphatic heterocycles. The van der Waals surface area contributed by atoms with Crippen LogP contribution in [0.25, 0.3) is 0 Å². The van der Waals surface area contributed by atoms with E-state index in [1.165, 1.54) is 18.2 Å². The van der Waals surface area contributed by atoms with Crippen molar-refractivity contribution >= 4 is 49.2 Å². The van der Waals surface area contributed by atoms with Gasteiger partial charge in [0.25, 0.3) is 0 Å². The van der Waals surface area contributed by atoms with Crippen molar-refractivity contribution in [3.05, 3.63) is 28.2 Å². The fourth-order valence-corrected chi connectivity index (χ4v) is 3.71. The molecule has 19 heavy (non-hydrogen) atoms. The van der Waals surface area contributed by atoms with E-state index in [1.807, 2.05) is 6.92 Å². The van der Waals surface area contributed by atoms with Crippen molar-refractivity contribution in [2.45, 2.75) is 24.7 Å². The van der Waals surface area contributed by atoms with E-state index in [4.69, 9.17) is 23.2 Å². The average molecular weight is 389 g/mol. The van der Waals surface area contributed by atoms with Gasteiger partial charge in [-0.05, 0) is 30.5 Å². The van der Waals surface area contributed by atoms with Crippen molar-refractivity contribution in [3.63, 3.8) is 0 Å². The molecule has 0 radical (unpaired) electrons. The van der Waals surface area contributed by atoms with Gasteiger partial charge in [0.15, 0.2) is 0 Å². The Kier molecular flexibility index (Phi) is 7.11. The summed E-state index contributed by atoms with van der Waals surface area (Å²) in [6.45, 7) is 2.46. The number of rotatable bonds is 7. The summed E-state index contributed by atoms with van der Waals surface area (Å²) in [4.78, 5) is 0.135. The number of benzene rings is 1. The van der Waals surface area contributed by atoms with Crippen LogP contribution in [-0.4, -0.2) is 20.3 Å². The molecule has 0 bridgehead atoms. The van der Waals surface area contributed by atoms with Gasteiger partial charge in [-0.3, -0.25) is 0 Å². The smallest absolute Gasteiger partial charge is 0.211 e. The van der Waals surface area contributed by atoms with Gasteiger partial charge in [0.1, 0.15) is 0 Å². The van der Waals surface area contributed by atoms with Gasteiger partial charge >= 0.3 is 0 Å². The molecule has 3 nitrogen and oxygen atoms in total. The predicted octanol–water partition coefficient (Wildman–Crippen LogP) is 4.08. The number of sulfonamides is 1. The summed E-state index contributed by atoms with van der Waals surface area (Å²) in [5.41, 5.74) is 0. The largest absolute Gasteiger partial charge is 0.240 e. The molecule has 108 valence electrons. The molecule has 7 heteroatoms. The van der Waals surface area contributed by atoms with Crippen LogP contribution >= 0.6 is 39.1 Å². The number of nitrogens with one attached hydrogen (secondary N) is 1. The molecule has 0 aliphatic rings. The summed E-state index contributed by atoms with van der Waals surface area (Å²) in [6.07, 6.45) is 1.86. The highest BCUT2D eigenvalue weighted by Gasteiger charge is 2.17. The van der Waals surface area contributed by atoms with Crippen LogP contribution in [0.1, 0.15) is 19.8 Å². The van der Waals surface area contributed by atoms with Crippen molar-refractivity contribution in [3.8, 4) is 0 Å². The predicted molar refractivity (Wildman–Crippen MR) is 83.8 cm³/mol. The molecule has 1 N–H and O–H groups in total. The average Bonchev–Trinajstić information content (AvgIpc) is 2.37. The van der Waals surface area contributed by atoms with Crippen molar-refractivity contribution in [1.82, 2.24) is 4.72 Å². The highest BCUT2D eigenvalue weighted by atomic mass is 79.9. The summed E-state index contributed by atoms with van der Waals surface area (Å²) < 4.78 is 26.8. The normalized spacial score (nSPS) is 13.5. The van der Waals surface area contributed by atoms with Crippen LogP contribution in [0.15, 0.2) is 23.1 Å². The van der Waals surface area contributed by atoms with Gasteiger partial charge in [-0.15, -0.1) is 0 Å². The Hall–Kier alpha value is 0.190. The fraction of sp³-hybridized carbons (Fsp3) is 0.500. The quantitative estimate of drug-likeness (QED) is 0.715. The fourth-order valence-electron chi connectivity index (χ4n) is 1.56. The lowest BCUT2D eigenvalue weighted by atomic mass is 10.0. The Morgan fingerprint density at radius 1 is 1.32 bits per heavy atom. The van der Waals surface area contributed by atoms with Gasteiger partial charge in [-0.1, -0.05) is 52.5 Å². The Labute approximate surface area is 132 Å². The number of halogens is 3. The molecule has 0 amide bonds. The standard InChI is InChI=1S/C12H16BrCl2NO2S/c1-2-9(5-6-13)8-16-19(17,18)10-3-4-11(14)12(15)7-10/h3-4,7,9,16H,2,5-6,8H2,1H3. The summed E-state index contributed by atoms with van der Waals surface area (Å²) >= 11 is 15.0. The van der Waals surface area contributed by atoms with Crippen molar-refractivity contribution in [2.75, 3.05) is 11.9 Å². The SMILES string of the molecule is CCC(CCBr)CNS(=O)(=O)c1ccc(Cl)c(Cl)c1. The van der Waals surface area contributed by atoms with Crippen LogP contribution in [0, 0.1) is 5.92 Å². The van der Waals surface area contributed by atoms with Gasteiger partial charge < -0.3 is 0 Å². The van der Waals surface area contributed by atoms with E-state index in [9.17, 15) is 8.42 Å². The van der Waals surface area contributed by atoms with E-state index in [0.717, 1.165) is 18.2 Å². The second-order valence-electron chi connectivity index (χ2n) is 4.18. The molecule has 0 saturated carbocycles. The molecule has 0 fully saturated rings. The van der Waals surface area contributed by atoms with Crippen LogP contribution in [0.3, 0.4) is 0 Å². The molecule has 0 spiro atoms. The third-order valence-electron chi connectivity index (χ3n) is 2.86. The van der Waals surface area contributed by atoms with Gasteiger partial charge in [0.2, 0.25) is 10.0 Å². The van der Waals surface area contributed by atoms with E-state index in [1.54, 1.807) is 0 Å². The number of alkyl halides is 1. The summed E-state index contributed by atoms with van der Waals surface area (Å²) in [5.74, 6) is 0.317. The Morgan fingerprint density at radius 2 is 2.00 bits per heavy atom. The monoisotopic (exact) mass is 387 g/mol. The van der Waals surface area contributed by atoms with Crippen molar-refractivity contribution < 1.29 is 8.42 Å². The molecule has 1 aromatic carbocycles. The molecule has 0 aromatic heterocycles. The van der Waals surface area contributed by atoms with Crippen LogP contribution < -0.4 is 4.72 Å². The number of hydrogen-bond acceptors (Lipinski definition) is 2. The van der Waals surface area contributed by atoms with Crippen molar-refractivity contribution in [2.24, 2.45) is 5.92 Å². The van der Waals surface area contributed by atoms with E-state index in [0.29, 0.717) is 17.5 Å². The minimum absolute atomic E-state index is 0.135. The third-order valence-corrected chi connectivity index (χ3v) is 5.48. The minimum atomic E-state index is -3.53. The molecule has 1 atom stereocenters. The number of hydrogen-bond donors (Lipinski definition) is 1. The zero-order chi connectivity index (χ0) is 14.5. The Morgan fingerprint density at radius 3 is 2.53 bits per heavy atom. The molecule has 0 aliphatic carbocycles. The Balaban J connectivity index is 2.78. The molecule has 1 rings (SSSR count).